The molecule has 0 saturated carbocycles. The first-order valence-corrected chi connectivity index (χ1v) is 13.0. The number of nitrogens with zero attached hydrogens (tertiary/aromatic N) is 3. The number of carbonyl (C=O) groups is 1. The SMILES string of the molecule is CCCn1c(=O)sc2cc(S(=O)(=O)N3CCN(C(=O)c4ccc(C)c(C)c4)CC3)ccc21. The van der Waals surface area contributed by atoms with Crippen LogP contribution in [0.4, 0.5) is 0 Å². The molecule has 0 bridgehead atoms. The molecule has 0 aliphatic carbocycles. The van der Waals surface area contributed by atoms with Crippen LogP contribution in [0.25, 0.3) is 10.2 Å². The Morgan fingerprint density at radius 3 is 2.38 bits per heavy atom. The Morgan fingerprint density at radius 2 is 1.72 bits per heavy atom. The molecule has 0 radical (unpaired) electrons. The molecule has 4 rings (SSSR count). The average molecular weight is 474 g/mol. The Morgan fingerprint density at radius 1 is 1.00 bits per heavy atom. The zero-order chi connectivity index (χ0) is 23.0. The fourth-order valence-electron chi connectivity index (χ4n) is 3.98. The quantitative estimate of drug-likeness (QED) is 0.570. The highest BCUT2D eigenvalue weighted by atomic mass is 32.2. The fraction of sp³-hybridized carbons (Fsp3) is 0.391. The van der Waals surface area contributed by atoms with Gasteiger partial charge in [0.2, 0.25) is 10.0 Å². The summed E-state index contributed by atoms with van der Waals surface area (Å²) in [5.41, 5.74) is 3.58. The lowest BCUT2D eigenvalue weighted by atomic mass is 10.1. The van der Waals surface area contributed by atoms with Gasteiger partial charge in [0, 0.05) is 38.3 Å². The van der Waals surface area contributed by atoms with Crippen molar-refractivity contribution in [2.24, 2.45) is 0 Å². The summed E-state index contributed by atoms with van der Waals surface area (Å²) in [6.07, 6.45) is 0.830. The summed E-state index contributed by atoms with van der Waals surface area (Å²) in [6.45, 7) is 7.75. The van der Waals surface area contributed by atoms with Crippen LogP contribution in [0.2, 0.25) is 0 Å². The van der Waals surface area contributed by atoms with E-state index >= 15 is 0 Å². The van der Waals surface area contributed by atoms with Crippen molar-refractivity contribution < 1.29 is 13.2 Å². The molecule has 2 heterocycles. The molecule has 1 aliphatic rings. The van der Waals surface area contributed by atoms with Crippen LogP contribution >= 0.6 is 11.3 Å². The molecule has 0 unspecified atom stereocenters. The average Bonchev–Trinajstić information content (AvgIpc) is 3.10. The van der Waals surface area contributed by atoms with Gasteiger partial charge in [-0.25, -0.2) is 8.42 Å². The molecule has 1 aromatic heterocycles. The maximum atomic E-state index is 13.2. The lowest BCUT2D eigenvalue weighted by molar-refractivity contribution is 0.0698. The first-order chi connectivity index (χ1) is 15.2. The number of sulfonamides is 1. The molecule has 2 aromatic carbocycles. The highest BCUT2D eigenvalue weighted by Gasteiger charge is 2.31. The molecule has 0 N–H and O–H groups in total. The van der Waals surface area contributed by atoms with E-state index in [1.165, 1.54) is 4.31 Å². The van der Waals surface area contributed by atoms with E-state index in [1.54, 1.807) is 27.7 Å². The lowest BCUT2D eigenvalue weighted by Gasteiger charge is -2.34. The number of hydrogen-bond donors (Lipinski definition) is 0. The molecule has 1 fully saturated rings. The summed E-state index contributed by atoms with van der Waals surface area (Å²) in [4.78, 5) is 26.9. The zero-order valence-corrected chi connectivity index (χ0v) is 20.1. The van der Waals surface area contributed by atoms with Gasteiger partial charge in [-0.2, -0.15) is 4.31 Å². The van der Waals surface area contributed by atoms with E-state index in [9.17, 15) is 18.0 Å². The smallest absolute Gasteiger partial charge is 0.308 e. The van der Waals surface area contributed by atoms with E-state index in [2.05, 4.69) is 0 Å². The minimum Gasteiger partial charge on any atom is -0.336 e. The van der Waals surface area contributed by atoms with Gasteiger partial charge in [-0.3, -0.25) is 14.2 Å². The van der Waals surface area contributed by atoms with Crippen molar-refractivity contribution in [2.45, 2.75) is 38.6 Å². The second kappa shape index (κ2) is 8.80. The van der Waals surface area contributed by atoms with Gasteiger partial charge in [0.1, 0.15) is 0 Å². The van der Waals surface area contributed by atoms with Gasteiger partial charge in [0.15, 0.2) is 0 Å². The van der Waals surface area contributed by atoms with Crippen LogP contribution in [-0.2, 0) is 16.6 Å². The third kappa shape index (κ3) is 4.12. The van der Waals surface area contributed by atoms with Gasteiger partial charge >= 0.3 is 4.87 Å². The molecule has 1 aliphatic heterocycles. The third-order valence-corrected chi connectivity index (χ3v) is 8.84. The van der Waals surface area contributed by atoms with Crippen molar-refractivity contribution in [1.29, 1.82) is 0 Å². The Kier molecular flexibility index (Phi) is 6.24. The van der Waals surface area contributed by atoms with Crippen molar-refractivity contribution in [1.82, 2.24) is 13.8 Å². The van der Waals surface area contributed by atoms with Crippen molar-refractivity contribution >= 4 is 37.5 Å². The molecule has 32 heavy (non-hydrogen) atoms. The number of fused-ring (bicyclic) bond motifs is 1. The first kappa shape index (κ1) is 22.7. The van der Waals surface area contributed by atoms with E-state index < -0.39 is 10.0 Å². The molecule has 7 nitrogen and oxygen atoms in total. The first-order valence-electron chi connectivity index (χ1n) is 10.7. The number of aromatic nitrogens is 1. The zero-order valence-electron chi connectivity index (χ0n) is 18.5. The van der Waals surface area contributed by atoms with E-state index in [1.807, 2.05) is 39.0 Å². The summed E-state index contributed by atoms with van der Waals surface area (Å²) in [5, 5.41) is 0. The van der Waals surface area contributed by atoms with Crippen LogP contribution in [0, 0.1) is 13.8 Å². The monoisotopic (exact) mass is 473 g/mol. The van der Waals surface area contributed by atoms with Crippen LogP contribution in [0.1, 0.15) is 34.8 Å². The molecular weight excluding hydrogens is 446 g/mol. The van der Waals surface area contributed by atoms with Gasteiger partial charge < -0.3 is 4.90 Å². The highest BCUT2D eigenvalue weighted by molar-refractivity contribution is 7.89. The maximum absolute atomic E-state index is 13.2. The summed E-state index contributed by atoms with van der Waals surface area (Å²) >= 11 is 1.07. The summed E-state index contributed by atoms with van der Waals surface area (Å²) in [5.74, 6) is -0.0754. The standard InChI is InChI=1S/C23H27N3O4S2/c1-4-9-26-20-8-7-19(15-21(20)31-23(26)28)32(29,30)25-12-10-24(11-13-25)22(27)18-6-5-16(2)17(3)14-18/h5-8,14-15H,4,9-13H2,1-3H3. The summed E-state index contributed by atoms with van der Waals surface area (Å²) in [7, 11) is -3.70. The van der Waals surface area contributed by atoms with Crippen LogP contribution in [-0.4, -0.2) is 54.3 Å². The lowest BCUT2D eigenvalue weighted by Crippen LogP contribution is -2.50. The molecule has 0 atom stereocenters. The predicted molar refractivity (Wildman–Crippen MR) is 127 cm³/mol. The number of piperazine rings is 1. The largest absolute Gasteiger partial charge is 0.336 e. The Labute approximate surface area is 191 Å². The normalized spacial score (nSPS) is 15.4. The number of rotatable bonds is 5. The number of amides is 1. The van der Waals surface area contributed by atoms with E-state index in [0.717, 1.165) is 34.4 Å². The summed E-state index contributed by atoms with van der Waals surface area (Å²) in [6, 6.07) is 10.5. The molecule has 3 aromatic rings. The topological polar surface area (TPSA) is 79.7 Å². The van der Waals surface area contributed by atoms with E-state index in [-0.39, 0.29) is 28.8 Å². The van der Waals surface area contributed by atoms with Gasteiger partial charge in [0.05, 0.1) is 15.1 Å². The molecular formula is C23H27N3O4S2. The Balaban J connectivity index is 1.50. The number of carbonyl (C=O) groups excluding carboxylic acids is 1. The van der Waals surface area contributed by atoms with Gasteiger partial charge in [-0.15, -0.1) is 0 Å². The third-order valence-electron chi connectivity index (χ3n) is 6.00. The van der Waals surface area contributed by atoms with Gasteiger partial charge in [0.25, 0.3) is 5.91 Å². The second-order valence-electron chi connectivity index (χ2n) is 8.14. The van der Waals surface area contributed by atoms with Crippen LogP contribution in [0.15, 0.2) is 46.1 Å². The highest BCUT2D eigenvalue weighted by Crippen LogP contribution is 2.25. The van der Waals surface area contributed by atoms with Crippen molar-refractivity contribution in [3.8, 4) is 0 Å². The van der Waals surface area contributed by atoms with Gasteiger partial charge in [-0.05, 0) is 61.7 Å². The molecule has 1 amide bonds. The number of aryl methyl sites for hydroxylation is 3. The number of thiazole rings is 1. The van der Waals surface area contributed by atoms with E-state index in [4.69, 9.17) is 0 Å². The fourth-order valence-corrected chi connectivity index (χ4v) is 6.46. The summed E-state index contributed by atoms with van der Waals surface area (Å²) < 4.78 is 30.2. The van der Waals surface area contributed by atoms with Crippen molar-refractivity contribution in [3.63, 3.8) is 0 Å². The minimum atomic E-state index is -3.70. The number of benzene rings is 2. The maximum Gasteiger partial charge on any atom is 0.308 e. The molecule has 170 valence electrons. The predicted octanol–water partition coefficient (Wildman–Crippen LogP) is 3.24. The van der Waals surface area contributed by atoms with Crippen LogP contribution in [0.5, 0.6) is 0 Å². The Bertz CT molecular complexity index is 1330. The molecule has 9 heteroatoms. The van der Waals surface area contributed by atoms with Crippen LogP contribution < -0.4 is 4.87 Å². The molecule has 1 saturated heterocycles. The second-order valence-corrected chi connectivity index (χ2v) is 11.1. The number of hydrogen-bond acceptors (Lipinski definition) is 5. The van der Waals surface area contributed by atoms with Crippen LogP contribution in [0.3, 0.4) is 0 Å². The van der Waals surface area contributed by atoms with Gasteiger partial charge in [-0.1, -0.05) is 24.3 Å². The molecule has 0 spiro atoms. The van der Waals surface area contributed by atoms with Crippen molar-refractivity contribution in [3.05, 3.63) is 62.8 Å². The van der Waals surface area contributed by atoms with E-state index in [0.29, 0.717) is 29.9 Å². The van der Waals surface area contributed by atoms with Crippen molar-refractivity contribution in [2.75, 3.05) is 26.2 Å². The Hall–Kier alpha value is -2.49. The minimum absolute atomic E-state index is 0.0742.